The first-order chi connectivity index (χ1) is 13.0. The summed E-state index contributed by atoms with van der Waals surface area (Å²) >= 11 is 0. The van der Waals surface area contributed by atoms with Gasteiger partial charge in [0.25, 0.3) is 0 Å². The van der Waals surface area contributed by atoms with Gasteiger partial charge in [0, 0.05) is 12.4 Å². The summed E-state index contributed by atoms with van der Waals surface area (Å²) in [6.45, 7) is 2.23. The number of carbonyl (C=O) groups is 3. The maximum atomic E-state index is 11.7. The SMILES string of the molecule is CCCCCCCCCCCCCCCC(=O)NC(CCC(=O)[O-])C(=O)[O-].[Na+].[Na+]. The van der Waals surface area contributed by atoms with E-state index < -0.39 is 24.4 Å². The summed E-state index contributed by atoms with van der Waals surface area (Å²) in [6, 6.07) is -1.27. The van der Waals surface area contributed by atoms with Crippen LogP contribution in [0.2, 0.25) is 0 Å². The summed E-state index contributed by atoms with van der Waals surface area (Å²) in [5, 5.41) is 23.6. The molecule has 1 atom stereocenters. The van der Waals surface area contributed by atoms with Crippen molar-refractivity contribution in [1.29, 1.82) is 0 Å². The molecular weight excluding hydrogens is 392 g/mol. The molecule has 0 radical (unpaired) electrons. The Morgan fingerprint density at radius 3 is 1.48 bits per heavy atom. The van der Waals surface area contributed by atoms with E-state index in [0.717, 1.165) is 12.8 Å². The van der Waals surface area contributed by atoms with Crippen molar-refractivity contribution >= 4 is 17.8 Å². The van der Waals surface area contributed by atoms with Crippen LogP contribution in [-0.4, -0.2) is 23.9 Å². The van der Waals surface area contributed by atoms with Crippen molar-refractivity contribution in [2.45, 2.75) is 116 Å². The Kier molecular flexibility index (Phi) is 29.0. The van der Waals surface area contributed by atoms with Crippen molar-refractivity contribution < 1.29 is 83.7 Å². The monoisotopic (exact) mass is 429 g/mol. The average molecular weight is 430 g/mol. The van der Waals surface area contributed by atoms with E-state index in [4.69, 9.17) is 0 Å². The topological polar surface area (TPSA) is 109 Å². The minimum atomic E-state index is -1.46. The van der Waals surface area contributed by atoms with Crippen LogP contribution in [0.1, 0.15) is 110 Å². The van der Waals surface area contributed by atoms with E-state index in [1.165, 1.54) is 64.2 Å². The summed E-state index contributed by atoms with van der Waals surface area (Å²) in [6.07, 6.45) is 15.4. The van der Waals surface area contributed by atoms with Crippen LogP contribution in [0.3, 0.4) is 0 Å². The van der Waals surface area contributed by atoms with Gasteiger partial charge in [-0.25, -0.2) is 0 Å². The number of amides is 1. The van der Waals surface area contributed by atoms with Gasteiger partial charge >= 0.3 is 59.1 Å². The standard InChI is InChI=1S/C21H39NO5.2Na/c1-2-3-4-5-6-7-8-9-10-11-12-13-14-15-19(23)22-18(21(26)27)16-17-20(24)25;;/h18H,2-17H2,1H3,(H,22,23)(H,24,25)(H,26,27);;/q;2*+1/p-2. The van der Waals surface area contributed by atoms with Crippen molar-refractivity contribution in [2.24, 2.45) is 0 Å². The Labute approximate surface area is 220 Å². The fourth-order valence-electron chi connectivity index (χ4n) is 3.08. The molecule has 158 valence electrons. The van der Waals surface area contributed by atoms with Gasteiger partial charge in [0.15, 0.2) is 0 Å². The van der Waals surface area contributed by atoms with E-state index in [9.17, 15) is 24.6 Å². The van der Waals surface area contributed by atoms with E-state index in [1.54, 1.807) is 0 Å². The minimum absolute atomic E-state index is 0. The second kappa shape index (κ2) is 24.7. The molecule has 1 amide bonds. The van der Waals surface area contributed by atoms with Gasteiger partial charge in [-0.3, -0.25) is 4.79 Å². The zero-order valence-corrected chi connectivity index (χ0v) is 22.9. The molecule has 0 rings (SSSR count). The van der Waals surface area contributed by atoms with Crippen molar-refractivity contribution in [2.75, 3.05) is 0 Å². The summed E-state index contributed by atoms with van der Waals surface area (Å²) in [5.74, 6) is -3.17. The molecule has 0 aromatic rings. The molecule has 29 heavy (non-hydrogen) atoms. The molecule has 1 unspecified atom stereocenters. The van der Waals surface area contributed by atoms with E-state index in [2.05, 4.69) is 12.2 Å². The molecular formula is C21H37NNa2O5. The first-order valence-electron chi connectivity index (χ1n) is 10.7. The number of rotatable bonds is 19. The molecule has 0 aromatic carbocycles. The number of nitrogens with one attached hydrogen (secondary N) is 1. The van der Waals surface area contributed by atoms with Crippen LogP contribution in [0.5, 0.6) is 0 Å². The minimum Gasteiger partial charge on any atom is -0.550 e. The van der Waals surface area contributed by atoms with E-state index in [0.29, 0.717) is 6.42 Å². The first-order valence-corrected chi connectivity index (χ1v) is 10.7. The molecule has 0 aliphatic heterocycles. The number of unbranched alkanes of at least 4 members (excludes halogenated alkanes) is 12. The van der Waals surface area contributed by atoms with E-state index >= 15 is 0 Å². The number of carboxylic acid groups (broad SMARTS) is 2. The fraction of sp³-hybridized carbons (Fsp3) is 0.857. The summed E-state index contributed by atoms with van der Waals surface area (Å²) < 4.78 is 0. The fourth-order valence-corrected chi connectivity index (χ4v) is 3.08. The van der Waals surface area contributed by atoms with E-state index in [-0.39, 0.29) is 77.9 Å². The normalized spacial score (nSPS) is 11.1. The van der Waals surface area contributed by atoms with Crippen LogP contribution in [0.25, 0.3) is 0 Å². The van der Waals surface area contributed by atoms with Gasteiger partial charge in [0.2, 0.25) is 5.91 Å². The number of hydrogen-bond acceptors (Lipinski definition) is 5. The average Bonchev–Trinajstić information content (AvgIpc) is 2.62. The molecule has 0 fully saturated rings. The third-order valence-electron chi connectivity index (χ3n) is 4.76. The van der Waals surface area contributed by atoms with Crippen LogP contribution >= 0.6 is 0 Å². The molecule has 0 bridgehead atoms. The number of aliphatic carboxylic acids is 2. The van der Waals surface area contributed by atoms with Crippen LogP contribution < -0.4 is 74.6 Å². The number of carboxylic acids is 2. The summed E-state index contributed by atoms with van der Waals surface area (Å²) in [4.78, 5) is 33.0. The van der Waals surface area contributed by atoms with E-state index in [1.807, 2.05) is 0 Å². The van der Waals surface area contributed by atoms with Gasteiger partial charge in [-0.15, -0.1) is 0 Å². The van der Waals surface area contributed by atoms with Crippen molar-refractivity contribution in [3.63, 3.8) is 0 Å². The predicted octanol–water partition coefficient (Wildman–Crippen LogP) is -3.76. The zero-order chi connectivity index (χ0) is 20.3. The Morgan fingerprint density at radius 2 is 1.10 bits per heavy atom. The molecule has 8 heteroatoms. The molecule has 0 aliphatic rings. The van der Waals surface area contributed by atoms with Gasteiger partial charge in [-0.05, 0) is 19.3 Å². The Balaban J connectivity index is -0.00000338. The zero-order valence-electron chi connectivity index (χ0n) is 18.9. The van der Waals surface area contributed by atoms with Crippen molar-refractivity contribution in [3.8, 4) is 0 Å². The number of carbonyl (C=O) groups excluding carboxylic acids is 3. The Bertz CT molecular complexity index is 422. The molecule has 0 aromatic heterocycles. The predicted molar refractivity (Wildman–Crippen MR) is 101 cm³/mol. The third-order valence-corrected chi connectivity index (χ3v) is 4.76. The molecule has 6 nitrogen and oxygen atoms in total. The maximum absolute atomic E-state index is 11.7. The van der Waals surface area contributed by atoms with Gasteiger partial charge in [-0.1, -0.05) is 84.0 Å². The van der Waals surface area contributed by atoms with Gasteiger partial charge in [0.05, 0.1) is 12.0 Å². The maximum Gasteiger partial charge on any atom is 1.00 e. The van der Waals surface area contributed by atoms with Crippen LogP contribution in [-0.2, 0) is 14.4 Å². The smallest absolute Gasteiger partial charge is 0.550 e. The molecule has 0 saturated carbocycles. The molecule has 0 heterocycles. The summed E-state index contributed by atoms with van der Waals surface area (Å²) in [5.41, 5.74) is 0. The third kappa shape index (κ3) is 24.6. The largest absolute Gasteiger partial charge is 1.00 e. The molecule has 0 spiro atoms. The van der Waals surface area contributed by atoms with Gasteiger partial charge in [-0.2, -0.15) is 0 Å². The number of hydrogen-bond donors (Lipinski definition) is 1. The Hall–Kier alpha value is 0.410. The second-order valence-corrected chi connectivity index (χ2v) is 7.34. The molecule has 1 N–H and O–H groups in total. The van der Waals surface area contributed by atoms with Gasteiger partial charge in [0.1, 0.15) is 0 Å². The van der Waals surface area contributed by atoms with Crippen molar-refractivity contribution in [3.05, 3.63) is 0 Å². The molecule has 0 saturated heterocycles. The molecule has 0 aliphatic carbocycles. The van der Waals surface area contributed by atoms with Crippen LogP contribution in [0.15, 0.2) is 0 Å². The van der Waals surface area contributed by atoms with Crippen LogP contribution in [0.4, 0.5) is 0 Å². The van der Waals surface area contributed by atoms with Crippen molar-refractivity contribution in [1.82, 2.24) is 5.32 Å². The second-order valence-electron chi connectivity index (χ2n) is 7.34. The summed E-state index contributed by atoms with van der Waals surface area (Å²) in [7, 11) is 0. The van der Waals surface area contributed by atoms with Gasteiger partial charge < -0.3 is 25.1 Å². The quantitative estimate of drug-likeness (QED) is 0.168. The van der Waals surface area contributed by atoms with Crippen LogP contribution in [0, 0.1) is 0 Å². The Morgan fingerprint density at radius 1 is 0.690 bits per heavy atom. The first kappa shape index (κ1) is 34.0.